The average Bonchev–Trinajstić information content (AvgIpc) is 2.59. The Morgan fingerprint density at radius 2 is 2.07 bits per heavy atom. The summed E-state index contributed by atoms with van der Waals surface area (Å²) in [5, 5.41) is 2.64. The molecule has 1 N–H and O–H groups in total. The van der Waals surface area contributed by atoms with Crippen LogP contribution in [-0.2, 0) is 13.1 Å². The molecule has 2 rings (SSSR count). The molecule has 0 saturated heterocycles. The average molecular weight is 190 g/mol. The number of hydrogen-bond acceptors (Lipinski definition) is 1. The van der Waals surface area contributed by atoms with Crippen molar-refractivity contribution in [1.82, 2.24) is 10.2 Å². The largest absolute Gasteiger partial charge is 0.341 e. The van der Waals surface area contributed by atoms with Gasteiger partial charge in [0.1, 0.15) is 0 Å². The van der Waals surface area contributed by atoms with E-state index in [2.05, 4.69) is 30.4 Å². The van der Waals surface area contributed by atoms with Crippen molar-refractivity contribution in [2.45, 2.75) is 20.0 Å². The summed E-state index contributed by atoms with van der Waals surface area (Å²) in [5.41, 5.74) is 3.79. The Morgan fingerprint density at radius 3 is 2.79 bits per heavy atom. The Kier molecular flexibility index (Phi) is 2.15. The lowest BCUT2D eigenvalue weighted by Crippen LogP contribution is -2.33. The minimum Gasteiger partial charge on any atom is -0.341 e. The number of benzene rings is 1. The van der Waals surface area contributed by atoms with Crippen LogP contribution in [0.5, 0.6) is 0 Å². The number of aryl methyl sites for hydroxylation is 1. The summed E-state index contributed by atoms with van der Waals surface area (Å²) in [6.07, 6.45) is 0. The minimum atomic E-state index is -0.00106. The summed E-state index contributed by atoms with van der Waals surface area (Å²) in [7, 11) is 1.66. The zero-order chi connectivity index (χ0) is 10.1. The van der Waals surface area contributed by atoms with Gasteiger partial charge < -0.3 is 10.2 Å². The topological polar surface area (TPSA) is 32.3 Å². The molecule has 3 heteroatoms. The lowest BCUT2D eigenvalue weighted by atomic mass is 10.1. The highest BCUT2D eigenvalue weighted by molar-refractivity contribution is 5.74. The number of carbonyl (C=O) groups excluding carboxylic acids is 1. The summed E-state index contributed by atoms with van der Waals surface area (Å²) < 4.78 is 0. The summed E-state index contributed by atoms with van der Waals surface area (Å²) in [4.78, 5) is 13.2. The van der Waals surface area contributed by atoms with E-state index in [1.54, 1.807) is 7.05 Å². The van der Waals surface area contributed by atoms with Crippen LogP contribution >= 0.6 is 0 Å². The molecule has 0 saturated carbocycles. The molecule has 0 fully saturated rings. The van der Waals surface area contributed by atoms with Crippen LogP contribution in [0.15, 0.2) is 18.2 Å². The Balaban J connectivity index is 2.22. The van der Waals surface area contributed by atoms with Crippen molar-refractivity contribution in [3.8, 4) is 0 Å². The van der Waals surface area contributed by atoms with Crippen LogP contribution in [0.2, 0.25) is 0 Å². The van der Waals surface area contributed by atoms with Gasteiger partial charge in [0.25, 0.3) is 0 Å². The van der Waals surface area contributed by atoms with Crippen LogP contribution in [-0.4, -0.2) is 18.0 Å². The van der Waals surface area contributed by atoms with Gasteiger partial charge in [0, 0.05) is 20.1 Å². The second-order valence-corrected chi connectivity index (χ2v) is 3.68. The van der Waals surface area contributed by atoms with Crippen LogP contribution in [0.1, 0.15) is 16.7 Å². The molecule has 0 atom stereocenters. The first kappa shape index (κ1) is 9.06. The van der Waals surface area contributed by atoms with Crippen LogP contribution in [0.4, 0.5) is 4.79 Å². The normalized spacial score (nSPS) is 14.0. The lowest BCUT2D eigenvalue weighted by molar-refractivity contribution is 0.201. The Morgan fingerprint density at radius 1 is 1.36 bits per heavy atom. The number of amides is 2. The Labute approximate surface area is 83.7 Å². The highest BCUT2D eigenvalue weighted by Crippen LogP contribution is 2.23. The van der Waals surface area contributed by atoms with E-state index >= 15 is 0 Å². The van der Waals surface area contributed by atoms with Crippen molar-refractivity contribution in [3.63, 3.8) is 0 Å². The minimum absolute atomic E-state index is 0.00106. The van der Waals surface area contributed by atoms with Crippen LogP contribution in [0.3, 0.4) is 0 Å². The molecule has 2 amide bonds. The molecule has 1 heterocycles. The third-order valence-electron chi connectivity index (χ3n) is 2.59. The molecule has 74 valence electrons. The first-order valence-electron chi connectivity index (χ1n) is 4.76. The van der Waals surface area contributed by atoms with E-state index in [1.165, 1.54) is 16.7 Å². The highest BCUT2D eigenvalue weighted by atomic mass is 16.2. The van der Waals surface area contributed by atoms with Crippen molar-refractivity contribution >= 4 is 6.03 Å². The van der Waals surface area contributed by atoms with E-state index in [-0.39, 0.29) is 6.03 Å². The standard InChI is InChI=1S/C11H14N2O/c1-8-3-4-9-6-13(11(14)12-2)7-10(9)5-8/h3-5H,6-7H2,1-2H3,(H,12,14). The molecular formula is C11H14N2O. The molecule has 1 aliphatic heterocycles. The molecule has 1 aromatic rings. The van der Waals surface area contributed by atoms with E-state index in [4.69, 9.17) is 0 Å². The number of urea groups is 1. The predicted molar refractivity (Wildman–Crippen MR) is 54.9 cm³/mol. The Bertz CT molecular complexity index is 374. The molecular weight excluding hydrogens is 176 g/mol. The van der Waals surface area contributed by atoms with Gasteiger partial charge in [-0.2, -0.15) is 0 Å². The van der Waals surface area contributed by atoms with Crippen LogP contribution in [0.25, 0.3) is 0 Å². The maximum absolute atomic E-state index is 11.4. The number of hydrogen-bond donors (Lipinski definition) is 1. The number of rotatable bonds is 0. The second kappa shape index (κ2) is 3.33. The van der Waals surface area contributed by atoms with Crippen molar-refractivity contribution in [2.75, 3.05) is 7.05 Å². The fraction of sp³-hybridized carbons (Fsp3) is 0.364. The molecule has 0 bridgehead atoms. The number of nitrogens with zero attached hydrogens (tertiary/aromatic N) is 1. The molecule has 1 aromatic carbocycles. The maximum atomic E-state index is 11.4. The van der Waals surface area contributed by atoms with Gasteiger partial charge in [-0.1, -0.05) is 23.8 Å². The molecule has 14 heavy (non-hydrogen) atoms. The summed E-state index contributed by atoms with van der Waals surface area (Å²) in [6.45, 7) is 3.54. The van der Waals surface area contributed by atoms with Gasteiger partial charge in [-0.25, -0.2) is 4.79 Å². The second-order valence-electron chi connectivity index (χ2n) is 3.68. The fourth-order valence-electron chi connectivity index (χ4n) is 1.83. The van der Waals surface area contributed by atoms with Gasteiger partial charge in [0.15, 0.2) is 0 Å². The van der Waals surface area contributed by atoms with Gasteiger partial charge in [-0.3, -0.25) is 0 Å². The van der Waals surface area contributed by atoms with Crippen LogP contribution in [0, 0.1) is 6.92 Å². The van der Waals surface area contributed by atoms with E-state index in [1.807, 2.05) is 4.90 Å². The van der Waals surface area contributed by atoms with Gasteiger partial charge in [-0.05, 0) is 18.1 Å². The van der Waals surface area contributed by atoms with E-state index < -0.39 is 0 Å². The van der Waals surface area contributed by atoms with Crippen LogP contribution < -0.4 is 5.32 Å². The van der Waals surface area contributed by atoms with Gasteiger partial charge in [-0.15, -0.1) is 0 Å². The molecule has 0 unspecified atom stereocenters. The molecule has 3 nitrogen and oxygen atoms in total. The highest BCUT2D eigenvalue weighted by Gasteiger charge is 2.21. The van der Waals surface area contributed by atoms with Crippen molar-refractivity contribution in [2.24, 2.45) is 0 Å². The smallest absolute Gasteiger partial charge is 0.317 e. The maximum Gasteiger partial charge on any atom is 0.317 e. The summed E-state index contributed by atoms with van der Waals surface area (Å²) in [6, 6.07) is 6.34. The molecule has 1 aliphatic rings. The predicted octanol–water partition coefficient (Wildman–Crippen LogP) is 1.65. The summed E-state index contributed by atoms with van der Waals surface area (Å²) >= 11 is 0. The van der Waals surface area contributed by atoms with Gasteiger partial charge >= 0.3 is 6.03 Å². The third kappa shape index (κ3) is 1.45. The SMILES string of the molecule is CNC(=O)N1Cc2ccc(C)cc2C1. The number of nitrogens with one attached hydrogen (secondary N) is 1. The zero-order valence-corrected chi connectivity index (χ0v) is 8.50. The molecule has 0 aromatic heterocycles. The zero-order valence-electron chi connectivity index (χ0n) is 8.50. The third-order valence-corrected chi connectivity index (χ3v) is 2.59. The van der Waals surface area contributed by atoms with Gasteiger partial charge in [0.2, 0.25) is 0 Å². The van der Waals surface area contributed by atoms with Crippen molar-refractivity contribution < 1.29 is 4.79 Å². The van der Waals surface area contributed by atoms with E-state index in [0.29, 0.717) is 0 Å². The first-order chi connectivity index (χ1) is 6.70. The van der Waals surface area contributed by atoms with Crippen molar-refractivity contribution in [3.05, 3.63) is 34.9 Å². The van der Waals surface area contributed by atoms with Crippen molar-refractivity contribution in [1.29, 1.82) is 0 Å². The number of fused-ring (bicyclic) bond motifs is 1. The quantitative estimate of drug-likeness (QED) is 0.663. The summed E-state index contributed by atoms with van der Waals surface area (Å²) in [5.74, 6) is 0. The fourth-order valence-corrected chi connectivity index (χ4v) is 1.83. The Hall–Kier alpha value is -1.51. The van der Waals surface area contributed by atoms with Gasteiger partial charge in [0.05, 0.1) is 0 Å². The lowest BCUT2D eigenvalue weighted by Gasteiger charge is -2.13. The monoisotopic (exact) mass is 190 g/mol. The molecule has 0 aliphatic carbocycles. The van der Waals surface area contributed by atoms with E-state index in [0.717, 1.165) is 13.1 Å². The van der Waals surface area contributed by atoms with E-state index in [9.17, 15) is 4.79 Å². The first-order valence-corrected chi connectivity index (χ1v) is 4.76. The molecule has 0 radical (unpaired) electrons. The molecule has 0 spiro atoms. The number of carbonyl (C=O) groups is 1.